The number of aliphatic carboxylic acids is 1. The van der Waals surface area contributed by atoms with Crippen LogP contribution in [-0.2, 0) is 11.2 Å². The molecule has 0 atom stereocenters. The van der Waals surface area contributed by atoms with Crippen molar-refractivity contribution in [3.05, 3.63) is 26.5 Å². The first-order valence-electron chi connectivity index (χ1n) is 2.99. The van der Waals surface area contributed by atoms with Crippen molar-refractivity contribution >= 4 is 5.97 Å². The summed E-state index contributed by atoms with van der Waals surface area (Å²) in [5, 5.41) is 13.5. The smallest absolute Gasteiger partial charge is 0.342 e. The number of aromatic amines is 2. The second-order valence-corrected chi connectivity index (χ2v) is 2.02. The van der Waals surface area contributed by atoms with E-state index in [1.807, 2.05) is 10.1 Å². The molecule has 0 fully saturated rings. The van der Waals surface area contributed by atoms with Gasteiger partial charge in [0.25, 0.3) is 5.56 Å². The third kappa shape index (κ3) is 1.78. The molecule has 7 heteroatoms. The van der Waals surface area contributed by atoms with Gasteiger partial charge in [0.05, 0.1) is 6.42 Å². The highest BCUT2D eigenvalue weighted by Gasteiger charge is 2.06. The van der Waals surface area contributed by atoms with Crippen LogP contribution in [0.25, 0.3) is 0 Å². The Morgan fingerprint density at radius 3 is 2.67 bits per heavy atom. The molecule has 0 radical (unpaired) electrons. The Kier molecular flexibility index (Phi) is 2.04. The first-order chi connectivity index (χ1) is 5.59. The molecule has 0 aliphatic heterocycles. The van der Waals surface area contributed by atoms with Crippen molar-refractivity contribution in [2.45, 2.75) is 6.42 Å². The quantitative estimate of drug-likeness (QED) is 0.479. The fourth-order valence-electron chi connectivity index (χ4n) is 0.635. The van der Waals surface area contributed by atoms with E-state index in [0.717, 1.165) is 0 Å². The number of hydrogen-bond acceptors (Lipinski definition) is 4. The average Bonchev–Trinajstić information content (AvgIpc) is 1.94. The van der Waals surface area contributed by atoms with Crippen molar-refractivity contribution in [2.75, 3.05) is 0 Å². The Labute approximate surface area is 65.1 Å². The Morgan fingerprint density at radius 1 is 1.50 bits per heavy atom. The van der Waals surface area contributed by atoms with E-state index in [2.05, 4.69) is 5.10 Å². The third-order valence-corrected chi connectivity index (χ3v) is 1.10. The second-order valence-electron chi connectivity index (χ2n) is 2.02. The maximum absolute atomic E-state index is 10.8. The molecular weight excluding hydrogens is 166 g/mol. The highest BCUT2D eigenvalue weighted by atomic mass is 16.4. The van der Waals surface area contributed by atoms with Gasteiger partial charge in [0.2, 0.25) is 0 Å². The van der Waals surface area contributed by atoms with Crippen LogP contribution >= 0.6 is 0 Å². The van der Waals surface area contributed by atoms with Gasteiger partial charge in [-0.2, -0.15) is 5.10 Å². The summed E-state index contributed by atoms with van der Waals surface area (Å²) in [7, 11) is 0. The lowest BCUT2D eigenvalue weighted by Crippen LogP contribution is -2.28. The van der Waals surface area contributed by atoms with E-state index >= 15 is 0 Å². The first-order valence-corrected chi connectivity index (χ1v) is 2.99. The van der Waals surface area contributed by atoms with Gasteiger partial charge in [-0.1, -0.05) is 0 Å². The monoisotopic (exact) mass is 171 g/mol. The van der Waals surface area contributed by atoms with Gasteiger partial charge < -0.3 is 5.11 Å². The summed E-state index contributed by atoms with van der Waals surface area (Å²) in [5.74, 6) is -1.18. The molecule has 1 aromatic rings. The summed E-state index contributed by atoms with van der Waals surface area (Å²) in [5.41, 5.74) is -1.75. The molecule has 0 bridgehead atoms. The molecule has 0 unspecified atom stereocenters. The van der Waals surface area contributed by atoms with E-state index < -0.39 is 23.6 Å². The first kappa shape index (κ1) is 8.18. The van der Waals surface area contributed by atoms with Crippen LogP contribution in [0, 0.1) is 0 Å². The zero-order chi connectivity index (χ0) is 9.14. The van der Waals surface area contributed by atoms with Gasteiger partial charge in [-0.25, -0.2) is 9.89 Å². The molecule has 0 aliphatic rings. The minimum Gasteiger partial charge on any atom is -0.481 e. The van der Waals surface area contributed by atoms with E-state index in [1.54, 1.807) is 0 Å². The zero-order valence-electron chi connectivity index (χ0n) is 5.83. The van der Waals surface area contributed by atoms with Crippen LogP contribution in [-0.4, -0.2) is 26.3 Å². The number of nitrogens with zero attached hydrogens (tertiary/aromatic N) is 1. The van der Waals surface area contributed by atoms with Crippen molar-refractivity contribution in [2.24, 2.45) is 0 Å². The Hall–Kier alpha value is -1.92. The number of carboxylic acid groups (broad SMARTS) is 1. The van der Waals surface area contributed by atoms with Crippen LogP contribution < -0.4 is 11.2 Å². The lowest BCUT2D eigenvalue weighted by molar-refractivity contribution is -0.136. The van der Waals surface area contributed by atoms with Crippen LogP contribution in [0.1, 0.15) is 5.69 Å². The van der Waals surface area contributed by atoms with Gasteiger partial charge in [0, 0.05) is 0 Å². The molecule has 1 aromatic heterocycles. The van der Waals surface area contributed by atoms with E-state index in [0.29, 0.717) is 0 Å². The second kappa shape index (κ2) is 2.99. The number of aromatic nitrogens is 3. The fraction of sp³-hybridized carbons (Fsp3) is 0.200. The van der Waals surface area contributed by atoms with Gasteiger partial charge in [0.15, 0.2) is 0 Å². The third-order valence-electron chi connectivity index (χ3n) is 1.10. The minimum atomic E-state index is -1.18. The van der Waals surface area contributed by atoms with Crippen molar-refractivity contribution in [1.82, 2.24) is 15.2 Å². The van der Waals surface area contributed by atoms with Gasteiger partial charge in [0.1, 0.15) is 5.69 Å². The predicted molar refractivity (Wildman–Crippen MR) is 36.8 cm³/mol. The molecule has 0 spiro atoms. The molecule has 1 heterocycles. The molecule has 7 nitrogen and oxygen atoms in total. The molecule has 0 amide bonds. The van der Waals surface area contributed by atoms with Gasteiger partial charge >= 0.3 is 11.7 Å². The number of hydrogen-bond donors (Lipinski definition) is 3. The summed E-state index contributed by atoms with van der Waals surface area (Å²) in [6.07, 6.45) is -0.508. The molecule has 12 heavy (non-hydrogen) atoms. The van der Waals surface area contributed by atoms with Gasteiger partial charge in [-0.3, -0.25) is 14.6 Å². The fourth-order valence-corrected chi connectivity index (χ4v) is 0.635. The summed E-state index contributed by atoms with van der Waals surface area (Å²) in [6, 6.07) is 0. The molecule has 3 N–H and O–H groups in total. The maximum Gasteiger partial charge on any atom is 0.342 e. The largest absolute Gasteiger partial charge is 0.481 e. The maximum atomic E-state index is 10.8. The molecule has 64 valence electrons. The lowest BCUT2D eigenvalue weighted by Gasteiger charge is -1.91. The highest BCUT2D eigenvalue weighted by molar-refractivity contribution is 5.69. The Bertz CT molecular complexity index is 404. The SMILES string of the molecule is O=C(O)Cc1n[nH]c(=O)[nH]c1=O. The summed E-state index contributed by atoms with van der Waals surface area (Å²) < 4.78 is 0. The molecule has 0 saturated heterocycles. The molecule has 1 rings (SSSR count). The Balaban J connectivity index is 3.10. The van der Waals surface area contributed by atoms with Crippen molar-refractivity contribution in [3.8, 4) is 0 Å². The molecular formula is C5H5N3O4. The predicted octanol–water partition coefficient (Wildman–Crippen LogP) is -1.91. The van der Waals surface area contributed by atoms with Gasteiger partial charge in [-0.15, -0.1) is 0 Å². The topological polar surface area (TPSA) is 116 Å². The van der Waals surface area contributed by atoms with Crippen molar-refractivity contribution in [3.63, 3.8) is 0 Å². The number of carbonyl (C=O) groups is 1. The van der Waals surface area contributed by atoms with Crippen LogP contribution in [0.5, 0.6) is 0 Å². The standard InChI is InChI=1S/C5H5N3O4/c9-3(10)1-2-4(11)6-5(12)8-7-2/h1H2,(H,9,10)(H2,6,8,11,12). The lowest BCUT2D eigenvalue weighted by atomic mass is 10.3. The average molecular weight is 171 g/mol. The van der Waals surface area contributed by atoms with E-state index in [1.165, 1.54) is 0 Å². The van der Waals surface area contributed by atoms with Gasteiger partial charge in [-0.05, 0) is 0 Å². The minimum absolute atomic E-state index is 0.220. The molecule has 0 saturated carbocycles. The van der Waals surface area contributed by atoms with E-state index in [-0.39, 0.29) is 5.69 Å². The van der Waals surface area contributed by atoms with Crippen LogP contribution in [0.3, 0.4) is 0 Å². The van der Waals surface area contributed by atoms with Crippen molar-refractivity contribution in [1.29, 1.82) is 0 Å². The van der Waals surface area contributed by atoms with Crippen molar-refractivity contribution < 1.29 is 9.90 Å². The van der Waals surface area contributed by atoms with Crippen LogP contribution in [0.15, 0.2) is 9.59 Å². The summed E-state index contributed by atoms with van der Waals surface area (Å²) >= 11 is 0. The van der Waals surface area contributed by atoms with Crippen LogP contribution in [0.2, 0.25) is 0 Å². The molecule has 0 aromatic carbocycles. The molecule has 0 aliphatic carbocycles. The normalized spacial score (nSPS) is 9.67. The van der Waals surface area contributed by atoms with E-state index in [9.17, 15) is 14.4 Å². The number of nitrogens with one attached hydrogen (secondary N) is 2. The number of carboxylic acids is 1. The zero-order valence-corrected chi connectivity index (χ0v) is 5.83. The van der Waals surface area contributed by atoms with E-state index in [4.69, 9.17) is 5.11 Å². The summed E-state index contributed by atoms with van der Waals surface area (Å²) in [6.45, 7) is 0. The number of rotatable bonds is 2. The summed E-state index contributed by atoms with van der Waals surface area (Å²) in [4.78, 5) is 33.2. The number of H-pyrrole nitrogens is 2. The Morgan fingerprint density at radius 2 is 2.17 bits per heavy atom. The highest BCUT2D eigenvalue weighted by Crippen LogP contribution is 1.80. The van der Waals surface area contributed by atoms with Crippen LogP contribution in [0.4, 0.5) is 0 Å².